The van der Waals surface area contributed by atoms with Gasteiger partial charge in [-0.25, -0.2) is 9.97 Å². The largest absolute Gasteiger partial charge is 0.481 e. The molecule has 2 aromatic carbocycles. The van der Waals surface area contributed by atoms with Crippen molar-refractivity contribution in [2.24, 2.45) is 5.92 Å². The van der Waals surface area contributed by atoms with Gasteiger partial charge in [0.25, 0.3) is 0 Å². The van der Waals surface area contributed by atoms with Crippen LogP contribution in [0.4, 0.5) is 19.0 Å². The Morgan fingerprint density at radius 2 is 1.69 bits per heavy atom. The van der Waals surface area contributed by atoms with Crippen molar-refractivity contribution in [1.29, 1.82) is 5.26 Å². The summed E-state index contributed by atoms with van der Waals surface area (Å²) in [5.41, 5.74) is 3.13. The number of nitrogens with zero attached hydrogens (tertiary/aromatic N) is 4. The highest BCUT2D eigenvalue weighted by Crippen LogP contribution is 2.37. The van der Waals surface area contributed by atoms with Crippen molar-refractivity contribution < 1.29 is 27.9 Å². The molecule has 1 aromatic heterocycles. The quantitative estimate of drug-likeness (QED) is 0.371. The monoisotopic (exact) mass is 577 g/mol. The smallest absolute Gasteiger partial charge is 0.451 e. The summed E-state index contributed by atoms with van der Waals surface area (Å²) < 4.78 is 41.4. The van der Waals surface area contributed by atoms with E-state index >= 15 is 0 Å². The number of alkyl halides is 3. The van der Waals surface area contributed by atoms with Gasteiger partial charge in [-0.05, 0) is 67.7 Å². The van der Waals surface area contributed by atoms with Gasteiger partial charge in [-0.15, -0.1) is 0 Å². The topological polar surface area (TPSA) is 119 Å². The number of aliphatic carboxylic acids is 1. The Kier molecular flexibility index (Phi) is 8.43. The number of carboxylic acid groups (broad SMARTS) is 1. The zero-order valence-electron chi connectivity index (χ0n) is 22.8. The molecule has 2 aliphatic rings. The number of rotatable bonds is 8. The number of anilines is 1. The standard InChI is InChI=1S/C31H30F3N5O3/c32-31(33,34)30-37-25(23-9-5-21(6-10-23)22-7-11-24(12-8-22)29(41)42)17-27(38-30)39-16-14-26(39)28(40)36-15-13-19-1-3-20(18-35)4-2-19/h1-6,9-10,17,22,24,26H,7-8,11-16H2,(H,36,40)(H,41,42). The fourth-order valence-electron chi connectivity index (χ4n) is 5.58. The number of benzene rings is 2. The highest BCUT2D eigenvalue weighted by Gasteiger charge is 2.39. The first-order valence-electron chi connectivity index (χ1n) is 13.9. The molecule has 2 heterocycles. The minimum Gasteiger partial charge on any atom is -0.481 e. The highest BCUT2D eigenvalue weighted by molar-refractivity contribution is 5.87. The van der Waals surface area contributed by atoms with Crippen molar-refractivity contribution >= 4 is 17.7 Å². The Labute approximate surface area is 241 Å². The fraction of sp³-hybridized carbons (Fsp3) is 0.387. The molecule has 1 saturated heterocycles. The van der Waals surface area contributed by atoms with E-state index in [1.54, 1.807) is 29.2 Å². The number of aromatic nitrogens is 2. The summed E-state index contributed by atoms with van der Waals surface area (Å²) in [6.07, 6.45) is -1.02. The molecule has 8 nitrogen and oxygen atoms in total. The van der Waals surface area contributed by atoms with Crippen LogP contribution in [0.15, 0.2) is 54.6 Å². The van der Waals surface area contributed by atoms with E-state index in [0.717, 1.165) is 24.0 Å². The van der Waals surface area contributed by atoms with Crippen LogP contribution in [-0.2, 0) is 22.2 Å². The van der Waals surface area contributed by atoms with Crippen LogP contribution in [0.2, 0.25) is 0 Å². The van der Waals surface area contributed by atoms with Crippen molar-refractivity contribution in [2.45, 2.75) is 56.7 Å². The van der Waals surface area contributed by atoms with E-state index in [0.29, 0.717) is 49.9 Å². The lowest BCUT2D eigenvalue weighted by Crippen LogP contribution is -2.57. The third-order valence-corrected chi connectivity index (χ3v) is 8.13. The number of hydrogen-bond acceptors (Lipinski definition) is 6. The van der Waals surface area contributed by atoms with Gasteiger partial charge in [-0.2, -0.15) is 18.4 Å². The van der Waals surface area contributed by atoms with E-state index in [1.165, 1.54) is 6.07 Å². The van der Waals surface area contributed by atoms with Crippen LogP contribution in [0.25, 0.3) is 11.3 Å². The lowest BCUT2D eigenvalue weighted by atomic mass is 9.78. The van der Waals surface area contributed by atoms with Crippen molar-refractivity contribution in [1.82, 2.24) is 15.3 Å². The van der Waals surface area contributed by atoms with Crippen LogP contribution in [0, 0.1) is 17.2 Å². The molecule has 1 amide bonds. The molecule has 0 spiro atoms. The first kappa shape index (κ1) is 29.0. The molecule has 11 heteroatoms. The first-order valence-corrected chi connectivity index (χ1v) is 13.9. The van der Waals surface area contributed by atoms with Gasteiger partial charge in [0.05, 0.1) is 23.2 Å². The number of nitrogens with one attached hydrogen (secondary N) is 1. The molecule has 1 unspecified atom stereocenters. The maximum atomic E-state index is 13.8. The van der Waals surface area contributed by atoms with Gasteiger partial charge in [0, 0.05) is 24.7 Å². The Hall–Kier alpha value is -4.46. The number of carbonyl (C=O) groups is 2. The SMILES string of the molecule is N#Cc1ccc(CCNC(=O)C2CCN2c2cc(-c3ccc(C4CCC(C(=O)O)CC4)cc3)nc(C(F)(F)F)n2)cc1. The molecule has 1 atom stereocenters. The summed E-state index contributed by atoms with van der Waals surface area (Å²) in [5, 5.41) is 21.0. The molecular formula is C31H30F3N5O3. The predicted molar refractivity (Wildman–Crippen MR) is 148 cm³/mol. The Balaban J connectivity index is 1.28. The van der Waals surface area contributed by atoms with Crippen LogP contribution in [0.3, 0.4) is 0 Å². The molecule has 218 valence electrons. The second-order valence-electron chi connectivity index (χ2n) is 10.8. The molecule has 0 bridgehead atoms. The van der Waals surface area contributed by atoms with Gasteiger partial charge in [0.1, 0.15) is 11.9 Å². The van der Waals surface area contributed by atoms with E-state index in [1.807, 2.05) is 24.3 Å². The van der Waals surface area contributed by atoms with Gasteiger partial charge in [-0.1, -0.05) is 36.4 Å². The van der Waals surface area contributed by atoms with Crippen molar-refractivity contribution in [3.05, 3.63) is 77.1 Å². The van der Waals surface area contributed by atoms with E-state index < -0.39 is 24.0 Å². The summed E-state index contributed by atoms with van der Waals surface area (Å²) in [6.45, 7) is 0.738. The van der Waals surface area contributed by atoms with Gasteiger partial charge >= 0.3 is 12.1 Å². The number of halogens is 3. The number of nitriles is 1. The molecular weight excluding hydrogens is 547 g/mol. The molecule has 2 fully saturated rings. The Bertz CT molecular complexity index is 1480. The number of carbonyl (C=O) groups excluding carboxylic acids is 1. The molecule has 2 N–H and O–H groups in total. The number of hydrogen-bond donors (Lipinski definition) is 2. The maximum Gasteiger partial charge on any atom is 0.451 e. The highest BCUT2D eigenvalue weighted by atomic mass is 19.4. The summed E-state index contributed by atoms with van der Waals surface area (Å²) in [6, 6.07) is 17.1. The third-order valence-electron chi connectivity index (χ3n) is 8.13. The molecule has 1 aliphatic carbocycles. The second kappa shape index (κ2) is 12.2. The summed E-state index contributed by atoms with van der Waals surface area (Å²) in [7, 11) is 0. The predicted octanol–water partition coefficient (Wildman–Crippen LogP) is 5.33. The van der Waals surface area contributed by atoms with E-state index in [9.17, 15) is 27.9 Å². The van der Waals surface area contributed by atoms with Crippen LogP contribution < -0.4 is 10.2 Å². The average Bonchev–Trinajstić information content (AvgIpc) is 2.96. The van der Waals surface area contributed by atoms with Crippen molar-refractivity contribution in [2.75, 3.05) is 18.0 Å². The van der Waals surface area contributed by atoms with Crippen LogP contribution in [0.5, 0.6) is 0 Å². The minimum absolute atomic E-state index is 0.0434. The fourth-order valence-corrected chi connectivity index (χ4v) is 5.58. The summed E-state index contributed by atoms with van der Waals surface area (Å²) >= 11 is 0. The lowest BCUT2D eigenvalue weighted by Gasteiger charge is -2.40. The summed E-state index contributed by atoms with van der Waals surface area (Å²) in [5.74, 6) is -2.39. The second-order valence-corrected chi connectivity index (χ2v) is 10.8. The van der Waals surface area contributed by atoms with Crippen molar-refractivity contribution in [3.63, 3.8) is 0 Å². The zero-order valence-corrected chi connectivity index (χ0v) is 22.8. The number of carboxylic acids is 1. The molecule has 0 radical (unpaired) electrons. The van der Waals surface area contributed by atoms with Crippen LogP contribution in [-0.4, -0.2) is 46.1 Å². The van der Waals surface area contributed by atoms with E-state index in [2.05, 4.69) is 21.4 Å². The van der Waals surface area contributed by atoms with E-state index in [4.69, 9.17) is 5.26 Å². The molecule has 3 aromatic rings. The minimum atomic E-state index is -4.77. The van der Waals surface area contributed by atoms with Gasteiger partial charge in [0.2, 0.25) is 11.7 Å². The van der Waals surface area contributed by atoms with Gasteiger partial charge in [0.15, 0.2) is 0 Å². The van der Waals surface area contributed by atoms with Crippen LogP contribution >= 0.6 is 0 Å². The molecule has 1 aliphatic heterocycles. The zero-order chi connectivity index (χ0) is 29.9. The molecule has 42 heavy (non-hydrogen) atoms. The van der Waals surface area contributed by atoms with Crippen LogP contribution in [0.1, 0.15) is 60.5 Å². The normalized spacial score (nSPS) is 20.3. The summed E-state index contributed by atoms with van der Waals surface area (Å²) in [4.78, 5) is 33.3. The molecule has 5 rings (SSSR count). The van der Waals surface area contributed by atoms with Gasteiger partial charge < -0.3 is 15.3 Å². The first-order chi connectivity index (χ1) is 20.1. The lowest BCUT2D eigenvalue weighted by molar-refractivity contribution is -0.145. The van der Waals surface area contributed by atoms with E-state index in [-0.39, 0.29) is 29.3 Å². The van der Waals surface area contributed by atoms with Crippen molar-refractivity contribution in [3.8, 4) is 17.3 Å². The third kappa shape index (κ3) is 6.54. The molecule has 1 saturated carbocycles. The Morgan fingerprint density at radius 3 is 2.26 bits per heavy atom. The number of amides is 1. The van der Waals surface area contributed by atoms with Gasteiger partial charge in [-0.3, -0.25) is 9.59 Å². The Morgan fingerprint density at radius 1 is 1.00 bits per heavy atom. The average molecular weight is 578 g/mol. The maximum absolute atomic E-state index is 13.8.